The molecule has 4 heteroatoms. The first kappa shape index (κ1) is 19.4. The number of aryl methyl sites for hydroxylation is 1. The van der Waals surface area contributed by atoms with Crippen LogP contribution in [0, 0.1) is 11.8 Å². The van der Waals surface area contributed by atoms with E-state index >= 15 is 0 Å². The van der Waals surface area contributed by atoms with Gasteiger partial charge in [-0.25, -0.2) is 4.79 Å². The second-order valence-electron chi connectivity index (χ2n) is 9.65. The van der Waals surface area contributed by atoms with Crippen molar-refractivity contribution in [1.82, 2.24) is 0 Å². The van der Waals surface area contributed by atoms with Gasteiger partial charge < -0.3 is 14.6 Å². The van der Waals surface area contributed by atoms with Crippen LogP contribution in [0.15, 0.2) is 12.1 Å². The van der Waals surface area contributed by atoms with Crippen LogP contribution in [0.1, 0.15) is 93.7 Å². The molecular formula is C25H34O4. The predicted molar refractivity (Wildman–Crippen MR) is 111 cm³/mol. The normalized spacial score (nSPS) is 27.5. The maximum absolute atomic E-state index is 12.1. The van der Waals surface area contributed by atoms with Crippen molar-refractivity contribution in [1.29, 1.82) is 0 Å². The average Bonchev–Trinajstić information content (AvgIpc) is 2.79. The van der Waals surface area contributed by atoms with Gasteiger partial charge in [-0.1, -0.05) is 44.6 Å². The maximum Gasteiger partial charge on any atom is 0.373 e. The third kappa shape index (κ3) is 3.28. The van der Waals surface area contributed by atoms with Crippen molar-refractivity contribution in [2.45, 2.75) is 102 Å². The molecule has 29 heavy (non-hydrogen) atoms. The molecule has 4 aliphatic rings. The molecule has 0 saturated heterocycles. The molecule has 1 aromatic rings. The van der Waals surface area contributed by atoms with Crippen LogP contribution in [-0.4, -0.2) is 17.4 Å². The number of carboxylic acid groups (broad SMARTS) is 1. The highest BCUT2D eigenvalue weighted by Crippen LogP contribution is 2.57. The van der Waals surface area contributed by atoms with E-state index in [1.807, 2.05) is 0 Å². The second-order valence-corrected chi connectivity index (χ2v) is 9.65. The summed E-state index contributed by atoms with van der Waals surface area (Å²) in [4.78, 5) is 12.1. The summed E-state index contributed by atoms with van der Waals surface area (Å²) in [6.45, 7) is 0. The molecule has 0 amide bonds. The van der Waals surface area contributed by atoms with E-state index in [9.17, 15) is 9.90 Å². The molecule has 1 unspecified atom stereocenters. The average molecular weight is 399 g/mol. The van der Waals surface area contributed by atoms with Gasteiger partial charge in [0.05, 0.1) is 0 Å². The molecule has 1 N–H and O–H groups in total. The van der Waals surface area contributed by atoms with Crippen molar-refractivity contribution >= 4 is 5.97 Å². The van der Waals surface area contributed by atoms with Gasteiger partial charge in [0.2, 0.25) is 0 Å². The van der Waals surface area contributed by atoms with E-state index in [-0.39, 0.29) is 0 Å². The molecule has 3 aliphatic carbocycles. The van der Waals surface area contributed by atoms with Crippen molar-refractivity contribution in [3.8, 4) is 5.75 Å². The monoisotopic (exact) mass is 398 g/mol. The Morgan fingerprint density at radius 1 is 0.862 bits per heavy atom. The summed E-state index contributed by atoms with van der Waals surface area (Å²) in [6, 6.07) is 4.24. The molecule has 0 spiro atoms. The summed E-state index contributed by atoms with van der Waals surface area (Å²) in [5, 5.41) is 9.88. The Bertz CT molecular complexity index is 740. The zero-order valence-electron chi connectivity index (χ0n) is 17.5. The predicted octanol–water partition coefficient (Wildman–Crippen LogP) is 5.74. The Kier molecular flexibility index (Phi) is 5.32. The Balaban J connectivity index is 1.72. The van der Waals surface area contributed by atoms with Gasteiger partial charge >= 0.3 is 5.97 Å². The van der Waals surface area contributed by atoms with Crippen LogP contribution >= 0.6 is 0 Å². The molecule has 1 aliphatic heterocycles. The van der Waals surface area contributed by atoms with Gasteiger partial charge in [0.25, 0.3) is 6.29 Å². The Morgan fingerprint density at radius 3 is 2.10 bits per heavy atom. The minimum absolute atomic E-state index is 0.400. The van der Waals surface area contributed by atoms with Gasteiger partial charge in [-0.15, -0.1) is 0 Å². The van der Waals surface area contributed by atoms with E-state index in [2.05, 4.69) is 12.1 Å². The molecule has 2 saturated carbocycles. The summed E-state index contributed by atoms with van der Waals surface area (Å²) in [6.07, 6.45) is 15.5. The first-order valence-corrected chi connectivity index (χ1v) is 11.9. The molecule has 1 heterocycles. The molecular weight excluding hydrogens is 364 g/mol. The van der Waals surface area contributed by atoms with Crippen LogP contribution in [0.5, 0.6) is 5.75 Å². The van der Waals surface area contributed by atoms with E-state index in [1.54, 1.807) is 0 Å². The fourth-order valence-corrected chi connectivity index (χ4v) is 6.81. The van der Waals surface area contributed by atoms with Gasteiger partial charge in [0.1, 0.15) is 11.4 Å². The van der Waals surface area contributed by atoms with Crippen molar-refractivity contribution in [2.24, 2.45) is 11.8 Å². The molecule has 0 aromatic heterocycles. The highest BCUT2D eigenvalue weighted by atomic mass is 16.7. The third-order valence-electron chi connectivity index (χ3n) is 8.05. The first-order valence-electron chi connectivity index (χ1n) is 11.9. The van der Waals surface area contributed by atoms with E-state index in [0.29, 0.717) is 11.8 Å². The molecule has 158 valence electrons. The minimum Gasteiger partial charge on any atom is -0.477 e. The number of hydrogen-bond acceptors (Lipinski definition) is 3. The third-order valence-corrected chi connectivity index (χ3v) is 8.05. The van der Waals surface area contributed by atoms with E-state index in [1.165, 1.54) is 68.1 Å². The molecule has 1 atom stereocenters. The lowest BCUT2D eigenvalue weighted by molar-refractivity contribution is -0.252. The van der Waals surface area contributed by atoms with Crippen LogP contribution in [0.4, 0.5) is 0 Å². The van der Waals surface area contributed by atoms with Crippen LogP contribution in [0.2, 0.25) is 0 Å². The molecule has 4 nitrogen and oxygen atoms in total. The number of hydrogen-bond donors (Lipinski definition) is 1. The number of carboxylic acids is 1. The van der Waals surface area contributed by atoms with Crippen LogP contribution < -0.4 is 4.74 Å². The summed E-state index contributed by atoms with van der Waals surface area (Å²) >= 11 is 0. The minimum atomic E-state index is -1.19. The smallest absolute Gasteiger partial charge is 0.373 e. The Labute approximate surface area is 174 Å². The van der Waals surface area contributed by atoms with Gasteiger partial charge in [-0.05, 0) is 80.4 Å². The van der Waals surface area contributed by atoms with Gasteiger partial charge in [0.15, 0.2) is 0 Å². The fraction of sp³-hybridized carbons (Fsp3) is 0.720. The first-order chi connectivity index (χ1) is 14.2. The van der Waals surface area contributed by atoms with Crippen molar-refractivity contribution in [3.05, 3.63) is 28.8 Å². The highest BCUT2D eigenvalue weighted by molar-refractivity contribution is 5.72. The fourth-order valence-electron chi connectivity index (χ4n) is 6.81. The summed E-state index contributed by atoms with van der Waals surface area (Å²) in [5.74, 6) is 0.597. The molecule has 1 aromatic carbocycles. The van der Waals surface area contributed by atoms with Gasteiger partial charge in [-0.2, -0.15) is 0 Å². The number of rotatable bonds is 3. The van der Waals surface area contributed by atoms with Crippen molar-refractivity contribution < 1.29 is 19.4 Å². The topological polar surface area (TPSA) is 55.8 Å². The maximum atomic E-state index is 12.1. The van der Waals surface area contributed by atoms with Crippen LogP contribution in [0.3, 0.4) is 0 Å². The second kappa shape index (κ2) is 7.94. The largest absolute Gasteiger partial charge is 0.477 e. The zero-order valence-corrected chi connectivity index (χ0v) is 17.5. The van der Waals surface area contributed by atoms with Gasteiger partial charge in [-0.3, -0.25) is 0 Å². The van der Waals surface area contributed by atoms with Crippen molar-refractivity contribution in [3.63, 3.8) is 0 Å². The van der Waals surface area contributed by atoms with Crippen LogP contribution in [-0.2, 0) is 28.0 Å². The number of carbonyl (C=O) groups is 1. The number of benzene rings is 1. The number of aliphatic carboxylic acids is 1. The van der Waals surface area contributed by atoms with Crippen LogP contribution in [0.25, 0.3) is 0 Å². The van der Waals surface area contributed by atoms with Crippen molar-refractivity contribution in [2.75, 3.05) is 0 Å². The standard InChI is InChI=1S/C25H34O4/c26-23(27)24-28-21-16-15-17-9-7-8-14-20(17)22(21)25(29-24,18-10-3-1-4-11-18)19-12-5-2-6-13-19/h15-16,18-19,24H,1-14H2,(H,26,27). The lowest BCUT2D eigenvalue weighted by atomic mass is 9.61. The molecule has 0 bridgehead atoms. The summed E-state index contributed by atoms with van der Waals surface area (Å²) in [7, 11) is 0. The zero-order chi connectivity index (χ0) is 19.8. The lowest BCUT2D eigenvalue weighted by Crippen LogP contribution is -2.54. The molecule has 0 radical (unpaired) electrons. The Hall–Kier alpha value is -1.55. The number of ether oxygens (including phenoxy) is 2. The lowest BCUT2D eigenvalue weighted by Gasteiger charge is -2.53. The molecule has 2 fully saturated rings. The summed E-state index contributed by atoms with van der Waals surface area (Å²) < 4.78 is 12.7. The highest BCUT2D eigenvalue weighted by Gasteiger charge is 2.55. The van der Waals surface area contributed by atoms with E-state index in [4.69, 9.17) is 9.47 Å². The SMILES string of the molecule is O=C(O)C1Oc2ccc3c(c2C(C2CCCCC2)(C2CCCCC2)O1)CCCC3. The molecule has 5 rings (SSSR count). The Morgan fingerprint density at radius 2 is 1.48 bits per heavy atom. The van der Waals surface area contributed by atoms with E-state index < -0.39 is 17.9 Å². The number of fused-ring (bicyclic) bond motifs is 3. The van der Waals surface area contributed by atoms with Gasteiger partial charge in [0, 0.05) is 5.56 Å². The summed E-state index contributed by atoms with van der Waals surface area (Å²) in [5.41, 5.74) is 3.63. The van der Waals surface area contributed by atoms with E-state index in [0.717, 1.165) is 44.3 Å². The quantitative estimate of drug-likeness (QED) is 0.705.